The topological polar surface area (TPSA) is 40.5 Å². The summed E-state index contributed by atoms with van der Waals surface area (Å²) in [5, 5.41) is 9.10. The van der Waals surface area contributed by atoms with Crippen LogP contribution in [0.3, 0.4) is 0 Å². The van der Waals surface area contributed by atoms with E-state index < -0.39 is 11.4 Å². The fourth-order valence-corrected chi connectivity index (χ4v) is 3.00. The molecule has 1 saturated heterocycles. The summed E-state index contributed by atoms with van der Waals surface area (Å²) >= 11 is 0. The molecular formula is C16H31NO2. The van der Waals surface area contributed by atoms with Gasteiger partial charge in [-0.25, -0.2) is 0 Å². The number of carboxylic acid groups (broad SMARTS) is 1. The molecule has 1 heterocycles. The Kier molecular flexibility index (Phi) is 6.84. The summed E-state index contributed by atoms with van der Waals surface area (Å²) < 4.78 is 0. The molecule has 0 aromatic carbocycles. The number of nitrogens with zero attached hydrogens (tertiary/aromatic N) is 1. The third kappa shape index (κ3) is 5.94. The highest BCUT2D eigenvalue weighted by Gasteiger charge is 2.26. The van der Waals surface area contributed by atoms with Crippen molar-refractivity contribution in [1.82, 2.24) is 4.90 Å². The molecule has 0 bridgehead atoms. The smallest absolute Gasteiger partial charge is 0.309 e. The van der Waals surface area contributed by atoms with E-state index in [9.17, 15) is 4.79 Å². The van der Waals surface area contributed by atoms with Gasteiger partial charge in [-0.15, -0.1) is 0 Å². The lowest BCUT2D eigenvalue weighted by atomic mass is 9.88. The van der Waals surface area contributed by atoms with E-state index in [1.54, 1.807) is 0 Å². The Morgan fingerprint density at radius 3 is 2.68 bits per heavy atom. The van der Waals surface area contributed by atoms with Crippen molar-refractivity contribution in [3.05, 3.63) is 0 Å². The van der Waals surface area contributed by atoms with Crippen LogP contribution in [-0.2, 0) is 4.79 Å². The lowest BCUT2D eigenvalue weighted by molar-refractivity contribution is -0.147. The van der Waals surface area contributed by atoms with Crippen LogP contribution < -0.4 is 0 Å². The normalized spacial score (nSPS) is 22.2. The molecule has 112 valence electrons. The molecule has 1 unspecified atom stereocenters. The molecular weight excluding hydrogens is 238 g/mol. The van der Waals surface area contributed by atoms with Crippen LogP contribution in [0.2, 0.25) is 0 Å². The molecule has 3 nitrogen and oxygen atoms in total. The largest absolute Gasteiger partial charge is 0.481 e. The maximum atomic E-state index is 11.1. The van der Waals surface area contributed by atoms with E-state index in [0.717, 1.165) is 25.3 Å². The second kappa shape index (κ2) is 7.88. The van der Waals surface area contributed by atoms with Crippen molar-refractivity contribution in [2.24, 2.45) is 11.3 Å². The van der Waals surface area contributed by atoms with Crippen molar-refractivity contribution in [3.63, 3.8) is 0 Å². The van der Waals surface area contributed by atoms with Gasteiger partial charge in [-0.3, -0.25) is 4.79 Å². The fraction of sp³-hybridized carbons (Fsp3) is 0.938. The van der Waals surface area contributed by atoms with Crippen LogP contribution in [0.25, 0.3) is 0 Å². The lowest BCUT2D eigenvalue weighted by Gasteiger charge is -2.23. The van der Waals surface area contributed by atoms with Gasteiger partial charge < -0.3 is 10.0 Å². The van der Waals surface area contributed by atoms with Crippen LogP contribution in [0, 0.1) is 11.3 Å². The predicted octanol–water partition coefficient (Wildman–Crippen LogP) is 3.78. The highest BCUT2D eigenvalue weighted by molar-refractivity contribution is 5.73. The number of aliphatic carboxylic acids is 1. The third-order valence-corrected chi connectivity index (χ3v) is 4.49. The average Bonchev–Trinajstić information content (AvgIpc) is 2.55. The molecule has 1 fully saturated rings. The van der Waals surface area contributed by atoms with E-state index in [0.29, 0.717) is 0 Å². The van der Waals surface area contributed by atoms with Crippen molar-refractivity contribution < 1.29 is 9.90 Å². The van der Waals surface area contributed by atoms with Gasteiger partial charge in [0.2, 0.25) is 0 Å². The molecule has 0 amide bonds. The molecule has 0 aromatic rings. The zero-order valence-electron chi connectivity index (χ0n) is 13.0. The molecule has 0 spiro atoms. The van der Waals surface area contributed by atoms with Crippen LogP contribution in [0.1, 0.15) is 65.7 Å². The highest BCUT2D eigenvalue weighted by atomic mass is 16.4. The molecule has 0 aromatic heterocycles. The molecule has 19 heavy (non-hydrogen) atoms. The van der Waals surface area contributed by atoms with E-state index in [1.807, 2.05) is 13.8 Å². The predicted molar refractivity (Wildman–Crippen MR) is 79.3 cm³/mol. The Morgan fingerprint density at radius 1 is 1.32 bits per heavy atom. The van der Waals surface area contributed by atoms with Gasteiger partial charge in [-0.2, -0.15) is 0 Å². The Balaban J connectivity index is 2.25. The van der Waals surface area contributed by atoms with Gasteiger partial charge in [-0.1, -0.05) is 19.8 Å². The van der Waals surface area contributed by atoms with Gasteiger partial charge in [0.15, 0.2) is 0 Å². The van der Waals surface area contributed by atoms with Gasteiger partial charge in [0.05, 0.1) is 5.41 Å². The van der Waals surface area contributed by atoms with Crippen molar-refractivity contribution in [2.45, 2.75) is 65.7 Å². The Labute approximate surface area is 118 Å². The van der Waals surface area contributed by atoms with Gasteiger partial charge in [0, 0.05) is 0 Å². The van der Waals surface area contributed by atoms with Crippen LogP contribution >= 0.6 is 0 Å². The molecule has 3 heteroatoms. The number of carboxylic acids is 1. The van der Waals surface area contributed by atoms with E-state index in [2.05, 4.69) is 11.8 Å². The first kappa shape index (κ1) is 16.5. The average molecular weight is 269 g/mol. The van der Waals surface area contributed by atoms with E-state index in [1.165, 1.54) is 45.2 Å². The monoisotopic (exact) mass is 269 g/mol. The van der Waals surface area contributed by atoms with Gasteiger partial charge in [0.1, 0.15) is 0 Å². The van der Waals surface area contributed by atoms with E-state index in [4.69, 9.17) is 5.11 Å². The second-order valence-corrected chi connectivity index (χ2v) is 6.72. The molecule has 0 radical (unpaired) electrons. The maximum Gasteiger partial charge on any atom is 0.309 e. The van der Waals surface area contributed by atoms with Gasteiger partial charge in [0.25, 0.3) is 0 Å². The standard InChI is InChI=1S/C16H31NO2/c1-4-7-14-8-5-11-17(13-9-14)12-6-10-16(2,3)15(18)19/h14H,4-13H2,1-3H3,(H,18,19). The summed E-state index contributed by atoms with van der Waals surface area (Å²) in [5.41, 5.74) is -0.573. The van der Waals surface area contributed by atoms with Crippen molar-refractivity contribution in [1.29, 1.82) is 0 Å². The minimum atomic E-state index is -0.675. The van der Waals surface area contributed by atoms with Crippen LogP contribution in [-0.4, -0.2) is 35.6 Å². The van der Waals surface area contributed by atoms with Crippen LogP contribution in [0.5, 0.6) is 0 Å². The number of likely N-dealkylation sites (tertiary alicyclic amines) is 1. The Bertz CT molecular complexity index is 276. The minimum Gasteiger partial charge on any atom is -0.481 e. The van der Waals surface area contributed by atoms with Crippen molar-refractivity contribution in [2.75, 3.05) is 19.6 Å². The quantitative estimate of drug-likeness (QED) is 0.764. The fourth-order valence-electron chi connectivity index (χ4n) is 3.00. The van der Waals surface area contributed by atoms with E-state index in [-0.39, 0.29) is 0 Å². The van der Waals surface area contributed by atoms with Gasteiger partial charge >= 0.3 is 5.97 Å². The maximum absolute atomic E-state index is 11.1. The summed E-state index contributed by atoms with van der Waals surface area (Å²) in [6, 6.07) is 0. The highest BCUT2D eigenvalue weighted by Crippen LogP contribution is 2.24. The summed E-state index contributed by atoms with van der Waals surface area (Å²) in [7, 11) is 0. The molecule has 0 aliphatic carbocycles. The zero-order chi connectivity index (χ0) is 14.3. The summed E-state index contributed by atoms with van der Waals surface area (Å²) in [5.74, 6) is 0.247. The first-order chi connectivity index (χ1) is 8.95. The molecule has 1 rings (SSSR count). The molecule has 1 atom stereocenters. The number of rotatable bonds is 7. The first-order valence-corrected chi connectivity index (χ1v) is 7.91. The van der Waals surface area contributed by atoms with Crippen molar-refractivity contribution >= 4 is 5.97 Å². The molecule has 1 aliphatic rings. The SMILES string of the molecule is CCCC1CCCN(CCCC(C)(C)C(=O)O)CC1. The number of hydrogen-bond donors (Lipinski definition) is 1. The number of carbonyl (C=O) groups is 1. The van der Waals surface area contributed by atoms with Gasteiger partial charge in [-0.05, 0) is 71.5 Å². The molecule has 0 saturated carbocycles. The third-order valence-electron chi connectivity index (χ3n) is 4.49. The zero-order valence-corrected chi connectivity index (χ0v) is 13.0. The number of hydrogen-bond acceptors (Lipinski definition) is 2. The molecule has 1 N–H and O–H groups in total. The van der Waals surface area contributed by atoms with E-state index >= 15 is 0 Å². The Hall–Kier alpha value is -0.570. The lowest BCUT2D eigenvalue weighted by Crippen LogP contribution is -2.29. The second-order valence-electron chi connectivity index (χ2n) is 6.72. The Morgan fingerprint density at radius 2 is 2.05 bits per heavy atom. The van der Waals surface area contributed by atoms with Crippen molar-refractivity contribution in [3.8, 4) is 0 Å². The van der Waals surface area contributed by atoms with Crippen LogP contribution in [0.4, 0.5) is 0 Å². The van der Waals surface area contributed by atoms with Crippen LogP contribution in [0.15, 0.2) is 0 Å². The minimum absolute atomic E-state index is 0.573. The first-order valence-electron chi connectivity index (χ1n) is 7.91. The molecule has 1 aliphatic heterocycles. The summed E-state index contributed by atoms with van der Waals surface area (Å²) in [6.07, 6.45) is 8.47. The summed E-state index contributed by atoms with van der Waals surface area (Å²) in [4.78, 5) is 13.6. The summed E-state index contributed by atoms with van der Waals surface area (Å²) in [6.45, 7) is 9.40.